The van der Waals surface area contributed by atoms with Gasteiger partial charge < -0.3 is 15.2 Å². The monoisotopic (exact) mass is 227 g/mol. The number of H-pyrrole nitrogens is 1. The van der Waals surface area contributed by atoms with Gasteiger partial charge in [-0.3, -0.25) is 9.89 Å². The van der Waals surface area contributed by atoms with E-state index >= 15 is 0 Å². The number of hydrogen-bond acceptors (Lipinski definition) is 4. The molecule has 0 spiro atoms. The molecule has 0 saturated carbocycles. The molecule has 7 nitrogen and oxygen atoms in total. The molecule has 0 fully saturated rings. The molecule has 88 valence electrons. The molecule has 3 N–H and O–H groups in total. The molecular formula is C9H13N3O4. The van der Waals surface area contributed by atoms with Crippen molar-refractivity contribution in [2.75, 3.05) is 13.7 Å². The zero-order chi connectivity index (χ0) is 12.1. The molecule has 7 heteroatoms. The Kier molecular flexibility index (Phi) is 4.01. The van der Waals surface area contributed by atoms with Crippen LogP contribution in [0.5, 0.6) is 0 Å². The molecule has 0 aliphatic carbocycles. The molecule has 0 aliphatic rings. The van der Waals surface area contributed by atoms with Gasteiger partial charge in [0, 0.05) is 12.8 Å². The number of methoxy groups -OCH3 is 1. The first kappa shape index (κ1) is 12.2. The van der Waals surface area contributed by atoms with E-state index in [2.05, 4.69) is 20.3 Å². The Labute approximate surface area is 91.8 Å². The first-order valence-electron chi connectivity index (χ1n) is 4.60. The number of carboxylic acid groups (broad SMARTS) is 1. The van der Waals surface area contributed by atoms with E-state index in [0.717, 1.165) is 5.69 Å². The highest BCUT2D eigenvalue weighted by atomic mass is 16.5. The predicted molar refractivity (Wildman–Crippen MR) is 54.1 cm³/mol. The molecule has 1 unspecified atom stereocenters. The van der Waals surface area contributed by atoms with Gasteiger partial charge in [-0.15, -0.1) is 0 Å². The van der Waals surface area contributed by atoms with Crippen LogP contribution in [0.3, 0.4) is 0 Å². The lowest BCUT2D eigenvalue weighted by Crippen LogP contribution is -2.37. The standard InChI is InChI=1S/C9H13N3O4/c1-5-3-6(12-11-5)8(13)10-4-7(16-2)9(14)15/h3,7H,4H2,1-2H3,(H,10,13)(H,11,12)(H,14,15). The zero-order valence-corrected chi connectivity index (χ0v) is 8.98. The fraction of sp³-hybridized carbons (Fsp3) is 0.444. The number of amides is 1. The largest absolute Gasteiger partial charge is 0.479 e. The fourth-order valence-electron chi connectivity index (χ4n) is 1.08. The van der Waals surface area contributed by atoms with Crippen LogP contribution in [-0.4, -0.2) is 46.9 Å². The molecule has 0 saturated heterocycles. The quantitative estimate of drug-likeness (QED) is 0.631. The van der Waals surface area contributed by atoms with Crippen LogP contribution < -0.4 is 5.32 Å². The Bertz CT molecular complexity index is 388. The topological polar surface area (TPSA) is 104 Å². The number of nitrogens with zero attached hydrogens (tertiary/aromatic N) is 1. The summed E-state index contributed by atoms with van der Waals surface area (Å²) in [6, 6.07) is 1.57. The van der Waals surface area contributed by atoms with Gasteiger partial charge in [0.15, 0.2) is 6.10 Å². The van der Waals surface area contributed by atoms with Crippen LogP contribution in [0.4, 0.5) is 0 Å². The van der Waals surface area contributed by atoms with Crippen molar-refractivity contribution in [1.82, 2.24) is 15.5 Å². The molecule has 1 aromatic heterocycles. The molecule has 1 heterocycles. The van der Waals surface area contributed by atoms with Gasteiger partial charge in [-0.05, 0) is 13.0 Å². The SMILES string of the molecule is COC(CNC(=O)c1cc(C)[nH]n1)C(=O)O. The summed E-state index contributed by atoms with van der Waals surface area (Å²) in [6.45, 7) is 1.66. The zero-order valence-electron chi connectivity index (χ0n) is 8.98. The van der Waals surface area contributed by atoms with Crippen molar-refractivity contribution in [2.24, 2.45) is 0 Å². The lowest BCUT2D eigenvalue weighted by atomic mass is 10.3. The number of aromatic amines is 1. The third-order valence-electron chi connectivity index (χ3n) is 1.95. The summed E-state index contributed by atoms with van der Waals surface area (Å²) in [7, 11) is 1.27. The van der Waals surface area contributed by atoms with Crippen molar-refractivity contribution >= 4 is 11.9 Å². The average molecular weight is 227 g/mol. The van der Waals surface area contributed by atoms with Gasteiger partial charge in [0.1, 0.15) is 5.69 Å². The van der Waals surface area contributed by atoms with E-state index in [1.54, 1.807) is 13.0 Å². The highest BCUT2D eigenvalue weighted by Gasteiger charge is 2.18. The van der Waals surface area contributed by atoms with Gasteiger partial charge in [-0.1, -0.05) is 0 Å². The normalized spacial score (nSPS) is 12.1. The number of ether oxygens (including phenoxy) is 1. The van der Waals surface area contributed by atoms with Crippen molar-refractivity contribution in [3.63, 3.8) is 0 Å². The van der Waals surface area contributed by atoms with Gasteiger partial charge in [0.25, 0.3) is 5.91 Å². The lowest BCUT2D eigenvalue weighted by Gasteiger charge is -2.10. The smallest absolute Gasteiger partial charge is 0.334 e. The summed E-state index contributed by atoms with van der Waals surface area (Å²) in [6.07, 6.45) is -1.05. The van der Waals surface area contributed by atoms with Crippen molar-refractivity contribution in [1.29, 1.82) is 0 Å². The van der Waals surface area contributed by atoms with Gasteiger partial charge in [-0.25, -0.2) is 4.79 Å². The van der Waals surface area contributed by atoms with Gasteiger partial charge >= 0.3 is 5.97 Å². The maximum absolute atomic E-state index is 11.5. The first-order chi connectivity index (χ1) is 7.54. The number of carboxylic acids is 1. The van der Waals surface area contributed by atoms with Crippen molar-refractivity contribution in [3.8, 4) is 0 Å². The number of aryl methyl sites for hydroxylation is 1. The average Bonchev–Trinajstić information content (AvgIpc) is 2.65. The van der Waals surface area contributed by atoms with Gasteiger partial charge in [0.05, 0.1) is 6.54 Å². The summed E-state index contributed by atoms with van der Waals surface area (Å²) in [4.78, 5) is 22.0. The summed E-state index contributed by atoms with van der Waals surface area (Å²) < 4.78 is 4.66. The predicted octanol–water partition coefficient (Wildman–Crippen LogP) is -0.452. The Morgan fingerprint density at radius 3 is 2.81 bits per heavy atom. The van der Waals surface area contributed by atoms with Crippen LogP contribution in [0.2, 0.25) is 0 Å². The van der Waals surface area contributed by atoms with Crippen LogP contribution in [0, 0.1) is 6.92 Å². The second-order valence-electron chi connectivity index (χ2n) is 3.21. The minimum Gasteiger partial charge on any atom is -0.479 e. The van der Waals surface area contributed by atoms with E-state index in [9.17, 15) is 9.59 Å². The van der Waals surface area contributed by atoms with E-state index in [0.29, 0.717) is 0 Å². The minimum atomic E-state index is -1.12. The maximum atomic E-state index is 11.5. The second-order valence-corrected chi connectivity index (χ2v) is 3.21. The Hall–Kier alpha value is -1.89. The van der Waals surface area contributed by atoms with Crippen LogP contribution in [0.15, 0.2) is 6.07 Å². The molecule has 0 bridgehead atoms. The van der Waals surface area contributed by atoms with E-state index in [4.69, 9.17) is 5.11 Å². The number of rotatable bonds is 5. The second kappa shape index (κ2) is 5.26. The summed E-state index contributed by atoms with van der Waals surface area (Å²) in [5.74, 6) is -1.56. The third kappa shape index (κ3) is 3.06. The van der Waals surface area contributed by atoms with Gasteiger partial charge in [0.2, 0.25) is 0 Å². The maximum Gasteiger partial charge on any atom is 0.334 e. The number of carbonyl (C=O) groups is 2. The number of carbonyl (C=O) groups excluding carboxylic acids is 1. The summed E-state index contributed by atoms with van der Waals surface area (Å²) in [5.41, 5.74) is 0.976. The lowest BCUT2D eigenvalue weighted by molar-refractivity contribution is -0.148. The number of nitrogens with one attached hydrogen (secondary N) is 2. The Morgan fingerprint density at radius 1 is 1.69 bits per heavy atom. The number of hydrogen-bond donors (Lipinski definition) is 3. The van der Waals surface area contributed by atoms with Crippen molar-refractivity contribution in [3.05, 3.63) is 17.5 Å². The van der Waals surface area contributed by atoms with E-state index < -0.39 is 18.0 Å². The highest BCUT2D eigenvalue weighted by molar-refractivity contribution is 5.92. The van der Waals surface area contributed by atoms with E-state index in [1.165, 1.54) is 7.11 Å². The van der Waals surface area contributed by atoms with E-state index in [-0.39, 0.29) is 12.2 Å². The summed E-state index contributed by atoms with van der Waals surface area (Å²) >= 11 is 0. The highest BCUT2D eigenvalue weighted by Crippen LogP contribution is 1.97. The molecule has 1 rings (SSSR count). The van der Waals surface area contributed by atoms with Gasteiger partial charge in [-0.2, -0.15) is 5.10 Å². The molecule has 16 heavy (non-hydrogen) atoms. The van der Waals surface area contributed by atoms with Crippen molar-refractivity contribution in [2.45, 2.75) is 13.0 Å². The molecule has 1 amide bonds. The Morgan fingerprint density at radius 2 is 2.38 bits per heavy atom. The number of aliphatic carboxylic acids is 1. The van der Waals surface area contributed by atoms with Crippen LogP contribution in [-0.2, 0) is 9.53 Å². The number of aromatic nitrogens is 2. The molecule has 0 radical (unpaired) electrons. The molecular weight excluding hydrogens is 214 g/mol. The van der Waals surface area contributed by atoms with E-state index in [1.807, 2.05) is 0 Å². The molecule has 0 aromatic carbocycles. The summed E-state index contributed by atoms with van der Waals surface area (Å²) in [5, 5.41) is 17.4. The van der Waals surface area contributed by atoms with Crippen LogP contribution >= 0.6 is 0 Å². The fourth-order valence-corrected chi connectivity index (χ4v) is 1.08. The minimum absolute atomic E-state index is 0.101. The molecule has 0 aliphatic heterocycles. The molecule has 1 atom stereocenters. The molecule has 1 aromatic rings. The first-order valence-corrected chi connectivity index (χ1v) is 4.60. The third-order valence-corrected chi connectivity index (χ3v) is 1.95. The van der Waals surface area contributed by atoms with Crippen LogP contribution in [0.25, 0.3) is 0 Å². The van der Waals surface area contributed by atoms with Crippen LogP contribution in [0.1, 0.15) is 16.2 Å². The Balaban J connectivity index is 2.49. The van der Waals surface area contributed by atoms with Crippen molar-refractivity contribution < 1.29 is 19.4 Å².